The second kappa shape index (κ2) is 9.24. The van der Waals surface area contributed by atoms with Gasteiger partial charge in [0.05, 0.1) is 20.8 Å². The van der Waals surface area contributed by atoms with Gasteiger partial charge in [0.1, 0.15) is 0 Å². The molecule has 2 aromatic rings. The predicted molar refractivity (Wildman–Crippen MR) is 123 cm³/mol. The molecule has 0 fully saturated rings. The molecule has 152 valence electrons. The van der Waals surface area contributed by atoms with E-state index in [9.17, 15) is 0 Å². The molecule has 0 saturated carbocycles. The monoisotopic (exact) mass is 463 g/mol. The van der Waals surface area contributed by atoms with Crippen LogP contribution in [0.3, 0.4) is 0 Å². The van der Waals surface area contributed by atoms with Gasteiger partial charge >= 0.3 is 0 Å². The van der Waals surface area contributed by atoms with E-state index in [4.69, 9.17) is 13.9 Å². The number of hydrogen-bond donors (Lipinski definition) is 0. The summed E-state index contributed by atoms with van der Waals surface area (Å²) in [5.41, 5.74) is 4.13. The minimum Gasteiger partial charge on any atom is -0.493 e. The van der Waals surface area contributed by atoms with Crippen molar-refractivity contribution < 1.29 is 13.9 Å². The Morgan fingerprint density at radius 2 is 1.71 bits per heavy atom. The van der Waals surface area contributed by atoms with Gasteiger partial charge in [-0.25, -0.2) is 0 Å². The first-order valence-electron chi connectivity index (χ1n) is 9.24. The van der Waals surface area contributed by atoms with Gasteiger partial charge in [-0.3, -0.25) is 4.98 Å². The van der Waals surface area contributed by atoms with E-state index >= 15 is 0 Å². The van der Waals surface area contributed by atoms with Crippen molar-refractivity contribution in [2.45, 2.75) is 38.9 Å². The summed E-state index contributed by atoms with van der Waals surface area (Å²) < 4.78 is 17.1. The number of halogens is 1. The molecular formula is C22H30BrNO3Si. The molecule has 0 atom stereocenters. The van der Waals surface area contributed by atoms with E-state index in [2.05, 4.69) is 60.8 Å². The molecule has 0 aliphatic heterocycles. The lowest BCUT2D eigenvalue weighted by atomic mass is 10.0. The maximum absolute atomic E-state index is 6.39. The number of benzene rings is 1. The minimum atomic E-state index is -1.83. The number of aromatic nitrogens is 1. The number of rotatable bonds is 7. The largest absolute Gasteiger partial charge is 0.493 e. The molecule has 0 spiro atoms. The van der Waals surface area contributed by atoms with Crippen molar-refractivity contribution in [1.82, 2.24) is 4.98 Å². The average Bonchev–Trinajstić information content (AvgIpc) is 2.67. The number of ether oxygens (including phenoxy) is 2. The quantitative estimate of drug-likeness (QED) is 0.437. The zero-order valence-corrected chi connectivity index (χ0v) is 20.4. The van der Waals surface area contributed by atoms with Crippen molar-refractivity contribution in [2.75, 3.05) is 20.8 Å². The van der Waals surface area contributed by atoms with Crippen LogP contribution >= 0.6 is 15.9 Å². The Bertz CT molecular complexity index is 844. The maximum Gasteiger partial charge on any atom is 0.192 e. The third-order valence-corrected chi connectivity index (χ3v) is 10.4. The lowest BCUT2D eigenvalue weighted by Gasteiger charge is -2.36. The van der Waals surface area contributed by atoms with E-state index in [1.54, 1.807) is 14.2 Å². The summed E-state index contributed by atoms with van der Waals surface area (Å²) in [7, 11) is 1.44. The molecule has 0 amide bonds. The number of methoxy groups -OCH3 is 2. The number of nitrogens with zero attached hydrogens (tertiary/aromatic N) is 1. The topological polar surface area (TPSA) is 40.6 Å². The Balaban J connectivity index is 2.29. The van der Waals surface area contributed by atoms with E-state index in [1.807, 2.05) is 35.6 Å². The molecule has 4 nitrogen and oxygen atoms in total. The summed E-state index contributed by atoms with van der Waals surface area (Å²) in [4.78, 5) is 6.37. The molecule has 28 heavy (non-hydrogen) atoms. The van der Waals surface area contributed by atoms with Gasteiger partial charge in [-0.2, -0.15) is 0 Å². The zero-order chi connectivity index (χ0) is 20.9. The van der Waals surface area contributed by atoms with Gasteiger partial charge in [0.25, 0.3) is 0 Å². The summed E-state index contributed by atoms with van der Waals surface area (Å²) >= 11 is 3.50. The highest BCUT2D eigenvalue weighted by atomic mass is 79.9. The molecular weight excluding hydrogens is 434 g/mol. The smallest absolute Gasteiger partial charge is 0.192 e. The number of pyridine rings is 1. The van der Waals surface area contributed by atoms with E-state index in [0.29, 0.717) is 18.1 Å². The van der Waals surface area contributed by atoms with Gasteiger partial charge in [0.15, 0.2) is 19.8 Å². The van der Waals surface area contributed by atoms with Gasteiger partial charge in [-0.05, 0) is 58.0 Å². The fraction of sp³-hybridized carbons (Fsp3) is 0.409. The molecule has 0 N–H and O–H groups in total. The molecule has 1 aromatic carbocycles. The van der Waals surface area contributed by atoms with Crippen LogP contribution in [-0.4, -0.2) is 34.1 Å². The second-order valence-corrected chi connectivity index (χ2v) is 13.5. The Morgan fingerprint density at radius 1 is 1.04 bits per heavy atom. The first-order chi connectivity index (χ1) is 13.1. The summed E-state index contributed by atoms with van der Waals surface area (Å²) in [5, 5.41) is 0.171. The minimum absolute atomic E-state index is 0.171. The third-order valence-electron chi connectivity index (χ3n) is 5.35. The van der Waals surface area contributed by atoms with E-state index in [0.717, 1.165) is 22.3 Å². The highest BCUT2D eigenvalue weighted by Gasteiger charge is 2.37. The SMILES string of the molecule is COc1ccc(-c2cncc(/C(=C/Br)CO[Si](C)(C)C(C)(C)C)c2)cc1OC. The summed E-state index contributed by atoms with van der Waals surface area (Å²) in [6.45, 7) is 11.8. The predicted octanol–water partition coefficient (Wildman–Crippen LogP) is 6.52. The van der Waals surface area contributed by atoms with Gasteiger partial charge in [-0.15, -0.1) is 0 Å². The Labute approximate surface area is 178 Å². The molecule has 0 bridgehead atoms. The summed E-state index contributed by atoms with van der Waals surface area (Å²) in [6.07, 6.45) is 3.72. The van der Waals surface area contributed by atoms with Crippen LogP contribution in [0.1, 0.15) is 26.3 Å². The van der Waals surface area contributed by atoms with Gasteiger partial charge in [-0.1, -0.05) is 42.8 Å². The molecule has 1 aromatic heterocycles. The van der Waals surface area contributed by atoms with E-state index in [1.165, 1.54) is 0 Å². The molecule has 0 saturated heterocycles. The Morgan fingerprint density at radius 3 is 2.29 bits per heavy atom. The summed E-state index contributed by atoms with van der Waals surface area (Å²) in [6, 6.07) is 7.99. The van der Waals surface area contributed by atoms with Crippen LogP contribution in [0.5, 0.6) is 11.5 Å². The van der Waals surface area contributed by atoms with Crippen LogP contribution in [-0.2, 0) is 4.43 Å². The van der Waals surface area contributed by atoms with Crippen molar-refractivity contribution in [3.63, 3.8) is 0 Å². The molecule has 2 rings (SSSR count). The summed E-state index contributed by atoms with van der Waals surface area (Å²) in [5.74, 6) is 1.40. The molecule has 0 unspecified atom stereocenters. The van der Waals surface area contributed by atoms with E-state index < -0.39 is 8.32 Å². The molecule has 0 radical (unpaired) electrons. The average molecular weight is 464 g/mol. The van der Waals surface area contributed by atoms with Crippen molar-refractivity contribution >= 4 is 29.8 Å². The molecule has 0 aliphatic rings. The Kier molecular flexibility index (Phi) is 7.48. The Hall–Kier alpha value is -1.63. The van der Waals surface area contributed by atoms with Crippen molar-refractivity contribution in [1.29, 1.82) is 0 Å². The highest BCUT2D eigenvalue weighted by molar-refractivity contribution is 9.11. The van der Waals surface area contributed by atoms with E-state index in [-0.39, 0.29) is 5.04 Å². The fourth-order valence-corrected chi connectivity index (χ4v) is 3.79. The van der Waals surface area contributed by atoms with Gasteiger partial charge < -0.3 is 13.9 Å². The normalized spacial score (nSPS) is 12.8. The van der Waals surface area contributed by atoms with Crippen molar-refractivity contribution in [3.05, 3.63) is 47.2 Å². The van der Waals surface area contributed by atoms with Crippen LogP contribution in [0.2, 0.25) is 18.1 Å². The number of hydrogen-bond acceptors (Lipinski definition) is 4. The van der Waals surface area contributed by atoms with Crippen molar-refractivity contribution in [3.8, 4) is 22.6 Å². The standard InChI is InChI=1S/C22H30BrNO3Si/c1-22(2,3)28(6,7)27-15-19(12-23)18-10-17(13-24-14-18)16-8-9-20(25-4)21(11-16)26-5/h8-14H,15H2,1-7H3/b19-12+. The second-order valence-electron chi connectivity index (χ2n) is 8.22. The van der Waals surface area contributed by atoms with Gasteiger partial charge in [0, 0.05) is 18.0 Å². The van der Waals surface area contributed by atoms with Crippen LogP contribution in [0.15, 0.2) is 41.6 Å². The first-order valence-corrected chi connectivity index (χ1v) is 13.1. The zero-order valence-electron chi connectivity index (χ0n) is 17.8. The van der Waals surface area contributed by atoms with Crippen LogP contribution in [0.25, 0.3) is 16.7 Å². The van der Waals surface area contributed by atoms with Crippen LogP contribution in [0.4, 0.5) is 0 Å². The molecule has 6 heteroatoms. The third kappa shape index (κ3) is 5.24. The van der Waals surface area contributed by atoms with Crippen LogP contribution in [0, 0.1) is 0 Å². The molecule has 1 heterocycles. The van der Waals surface area contributed by atoms with Crippen molar-refractivity contribution in [2.24, 2.45) is 0 Å². The van der Waals surface area contributed by atoms with Gasteiger partial charge in [0.2, 0.25) is 0 Å². The lowest BCUT2D eigenvalue weighted by molar-refractivity contribution is 0.334. The maximum atomic E-state index is 6.39. The highest BCUT2D eigenvalue weighted by Crippen LogP contribution is 2.37. The lowest BCUT2D eigenvalue weighted by Crippen LogP contribution is -2.41. The molecule has 0 aliphatic carbocycles. The first kappa shape index (κ1) is 22.7. The van der Waals surface area contributed by atoms with Crippen LogP contribution < -0.4 is 9.47 Å². The fourth-order valence-electron chi connectivity index (χ4n) is 2.44.